The van der Waals surface area contributed by atoms with E-state index in [9.17, 15) is 18.0 Å². The van der Waals surface area contributed by atoms with Gasteiger partial charge in [0.15, 0.2) is 5.78 Å². The van der Waals surface area contributed by atoms with Crippen molar-refractivity contribution < 1.29 is 18.0 Å². The summed E-state index contributed by atoms with van der Waals surface area (Å²) in [4.78, 5) is 11.9. The first-order valence-corrected chi connectivity index (χ1v) is 7.55. The Balaban J connectivity index is 2.73. The summed E-state index contributed by atoms with van der Waals surface area (Å²) >= 11 is 3.01. The molecule has 0 amide bonds. The molecule has 0 spiro atoms. The molecule has 0 heterocycles. The Hall–Kier alpha value is -0.840. The van der Waals surface area contributed by atoms with Gasteiger partial charge in [-0.15, -0.1) is 0 Å². The zero-order valence-electron chi connectivity index (χ0n) is 11.4. The highest BCUT2D eigenvalue weighted by Gasteiger charge is 2.35. The number of carbonyl (C=O) groups excluding carboxylic acids is 1. The summed E-state index contributed by atoms with van der Waals surface area (Å²) in [5.74, 6) is -0.429. The van der Waals surface area contributed by atoms with Gasteiger partial charge in [-0.1, -0.05) is 48.5 Å². The fourth-order valence-corrected chi connectivity index (χ4v) is 2.38. The molecule has 0 radical (unpaired) electrons. The van der Waals surface area contributed by atoms with Crippen LogP contribution in [0.25, 0.3) is 0 Å². The van der Waals surface area contributed by atoms with Gasteiger partial charge in [0.2, 0.25) is 0 Å². The summed E-state index contributed by atoms with van der Waals surface area (Å²) in [5.41, 5.74) is -1.08. The number of benzene rings is 1. The average Bonchev–Trinajstić information content (AvgIpc) is 2.37. The third-order valence-electron chi connectivity index (χ3n) is 3.09. The molecule has 20 heavy (non-hydrogen) atoms. The van der Waals surface area contributed by atoms with E-state index >= 15 is 0 Å². The van der Waals surface area contributed by atoms with Crippen molar-refractivity contribution in [3.8, 4) is 0 Å². The molecule has 0 aliphatic carbocycles. The lowest BCUT2D eigenvalue weighted by Crippen LogP contribution is -2.13. The molecule has 1 rings (SSSR count). The van der Waals surface area contributed by atoms with Crippen LogP contribution in [0.5, 0.6) is 0 Å². The van der Waals surface area contributed by atoms with Crippen LogP contribution in [0, 0.1) is 0 Å². The molecule has 1 aromatic rings. The second kappa shape index (κ2) is 7.81. The highest BCUT2D eigenvalue weighted by molar-refractivity contribution is 9.10. The molecule has 0 saturated heterocycles. The van der Waals surface area contributed by atoms with Crippen LogP contribution in [-0.4, -0.2) is 5.78 Å². The second-order valence-corrected chi connectivity index (χ2v) is 5.69. The van der Waals surface area contributed by atoms with Crippen LogP contribution in [-0.2, 0) is 6.18 Å². The van der Waals surface area contributed by atoms with Crippen LogP contribution in [0.3, 0.4) is 0 Å². The molecule has 5 heteroatoms. The van der Waals surface area contributed by atoms with Gasteiger partial charge in [0.05, 0.1) is 5.56 Å². The molecule has 0 aromatic heterocycles. The molecule has 0 aliphatic heterocycles. The maximum atomic E-state index is 12.9. The van der Waals surface area contributed by atoms with Crippen LogP contribution in [0.15, 0.2) is 22.7 Å². The summed E-state index contributed by atoms with van der Waals surface area (Å²) in [6.45, 7) is 2.09. The number of hydrogen-bond donors (Lipinski definition) is 0. The predicted octanol–water partition coefficient (Wildman–Crippen LogP) is 6.01. The van der Waals surface area contributed by atoms with Gasteiger partial charge >= 0.3 is 6.18 Å². The lowest BCUT2D eigenvalue weighted by atomic mass is 9.99. The number of Topliss-reactive ketones (excluding diaryl/α,β-unsaturated/α-hetero) is 1. The highest BCUT2D eigenvalue weighted by atomic mass is 79.9. The minimum absolute atomic E-state index is 0.175. The lowest BCUT2D eigenvalue weighted by molar-refractivity contribution is -0.138. The van der Waals surface area contributed by atoms with E-state index in [-0.39, 0.29) is 12.0 Å². The monoisotopic (exact) mass is 350 g/mol. The Morgan fingerprint density at radius 3 is 2.40 bits per heavy atom. The third kappa shape index (κ3) is 5.27. The summed E-state index contributed by atoms with van der Waals surface area (Å²) in [6, 6.07) is 3.69. The lowest BCUT2D eigenvalue weighted by Gasteiger charge is -2.12. The van der Waals surface area contributed by atoms with Gasteiger partial charge in [0.25, 0.3) is 0 Å². The molecule has 0 unspecified atom stereocenters. The summed E-state index contributed by atoms with van der Waals surface area (Å²) in [6.07, 6.45) is 0.421. The molecule has 1 nitrogen and oxygen atoms in total. The number of ketones is 1. The predicted molar refractivity (Wildman–Crippen MR) is 76.9 cm³/mol. The fraction of sp³-hybridized carbons (Fsp3) is 0.533. The molecule has 0 bridgehead atoms. The van der Waals surface area contributed by atoms with Crippen molar-refractivity contribution in [1.29, 1.82) is 0 Å². The van der Waals surface area contributed by atoms with E-state index in [4.69, 9.17) is 0 Å². The van der Waals surface area contributed by atoms with Gasteiger partial charge < -0.3 is 0 Å². The zero-order chi connectivity index (χ0) is 15.2. The van der Waals surface area contributed by atoms with Crippen molar-refractivity contribution in [1.82, 2.24) is 0 Å². The van der Waals surface area contributed by atoms with Crippen LogP contribution in [0.1, 0.15) is 61.4 Å². The Kier molecular flexibility index (Phi) is 6.72. The van der Waals surface area contributed by atoms with Crippen molar-refractivity contribution in [2.45, 2.75) is 51.6 Å². The van der Waals surface area contributed by atoms with Gasteiger partial charge in [0.1, 0.15) is 0 Å². The summed E-state index contributed by atoms with van der Waals surface area (Å²) in [5, 5.41) is 0. The molecule has 0 N–H and O–H groups in total. The SMILES string of the molecule is CCCCCCCC(=O)c1ccc(Br)cc1C(F)(F)F. The van der Waals surface area contributed by atoms with Gasteiger partial charge in [-0.3, -0.25) is 4.79 Å². The minimum atomic E-state index is -4.50. The molecular formula is C15H18BrF3O. The maximum absolute atomic E-state index is 12.9. The number of carbonyl (C=O) groups is 1. The molecule has 0 aliphatic rings. The van der Waals surface area contributed by atoms with Crippen LogP contribution >= 0.6 is 15.9 Å². The summed E-state index contributed by atoms with van der Waals surface area (Å²) < 4.78 is 39.0. The minimum Gasteiger partial charge on any atom is -0.294 e. The molecule has 0 atom stereocenters. The number of hydrogen-bond acceptors (Lipinski definition) is 1. The van der Waals surface area contributed by atoms with Crippen molar-refractivity contribution in [3.05, 3.63) is 33.8 Å². The standard InChI is InChI=1S/C15H18BrF3O/c1-2-3-4-5-6-7-14(20)12-9-8-11(16)10-13(12)15(17,18)19/h8-10H,2-7H2,1H3. The van der Waals surface area contributed by atoms with Crippen molar-refractivity contribution in [3.63, 3.8) is 0 Å². The van der Waals surface area contributed by atoms with Gasteiger partial charge in [-0.25, -0.2) is 0 Å². The van der Waals surface area contributed by atoms with Gasteiger partial charge in [-0.2, -0.15) is 13.2 Å². The Bertz CT molecular complexity index is 455. The molecule has 0 fully saturated rings. The van der Waals surface area contributed by atoms with Crippen molar-refractivity contribution in [2.75, 3.05) is 0 Å². The average molecular weight is 351 g/mol. The van der Waals surface area contributed by atoms with E-state index in [1.807, 2.05) is 0 Å². The smallest absolute Gasteiger partial charge is 0.294 e. The van der Waals surface area contributed by atoms with Crippen LogP contribution in [0.4, 0.5) is 13.2 Å². The van der Waals surface area contributed by atoms with Crippen LogP contribution in [0.2, 0.25) is 0 Å². The number of alkyl halides is 3. The molecule has 112 valence electrons. The van der Waals surface area contributed by atoms with E-state index in [0.717, 1.165) is 31.7 Å². The first kappa shape index (κ1) is 17.2. The van der Waals surface area contributed by atoms with E-state index in [0.29, 0.717) is 10.9 Å². The fourth-order valence-electron chi connectivity index (χ4n) is 2.02. The topological polar surface area (TPSA) is 17.1 Å². The first-order chi connectivity index (χ1) is 9.36. The van der Waals surface area contributed by atoms with E-state index in [2.05, 4.69) is 22.9 Å². The van der Waals surface area contributed by atoms with E-state index < -0.39 is 17.5 Å². The van der Waals surface area contributed by atoms with Crippen molar-refractivity contribution in [2.24, 2.45) is 0 Å². The largest absolute Gasteiger partial charge is 0.417 e. The maximum Gasteiger partial charge on any atom is 0.417 e. The number of rotatable bonds is 7. The molecule has 1 aromatic carbocycles. The quantitative estimate of drug-likeness (QED) is 0.434. The Labute approximate surface area is 125 Å². The highest BCUT2D eigenvalue weighted by Crippen LogP contribution is 2.34. The second-order valence-electron chi connectivity index (χ2n) is 4.78. The van der Waals surface area contributed by atoms with Crippen molar-refractivity contribution >= 4 is 21.7 Å². The molecule has 0 saturated carbocycles. The third-order valence-corrected chi connectivity index (χ3v) is 3.59. The number of unbranched alkanes of at least 4 members (excludes halogenated alkanes) is 4. The van der Waals surface area contributed by atoms with Gasteiger partial charge in [0, 0.05) is 16.5 Å². The molecular weight excluding hydrogens is 333 g/mol. The summed E-state index contributed by atoms with van der Waals surface area (Å²) in [7, 11) is 0. The van der Waals surface area contributed by atoms with Crippen LogP contribution < -0.4 is 0 Å². The normalized spacial score (nSPS) is 11.7. The number of halogens is 4. The zero-order valence-corrected chi connectivity index (χ0v) is 13.0. The van der Waals surface area contributed by atoms with Gasteiger partial charge in [-0.05, 0) is 24.6 Å². The Morgan fingerprint density at radius 2 is 1.80 bits per heavy atom. The van der Waals surface area contributed by atoms with E-state index in [1.54, 1.807) is 0 Å². The Morgan fingerprint density at radius 1 is 1.15 bits per heavy atom. The first-order valence-electron chi connectivity index (χ1n) is 6.76. The van der Waals surface area contributed by atoms with E-state index in [1.165, 1.54) is 12.1 Å².